The minimum atomic E-state index is -2.13. The van der Waals surface area contributed by atoms with Gasteiger partial charge in [-0.1, -0.05) is 20.8 Å². The van der Waals surface area contributed by atoms with Crippen molar-refractivity contribution in [1.29, 1.82) is 0 Å². The van der Waals surface area contributed by atoms with Gasteiger partial charge in [-0.25, -0.2) is 9.18 Å². The van der Waals surface area contributed by atoms with E-state index in [1.807, 2.05) is 13.1 Å². The van der Waals surface area contributed by atoms with Gasteiger partial charge in [0, 0.05) is 0 Å². The molecule has 0 atom stereocenters. The smallest absolute Gasteiger partial charge is 0.339 e. The average molecular weight is 270 g/mol. The summed E-state index contributed by atoms with van der Waals surface area (Å²) in [6.45, 7) is 10.2. The van der Waals surface area contributed by atoms with Crippen LogP contribution in [0.15, 0.2) is 18.2 Å². The van der Waals surface area contributed by atoms with Gasteiger partial charge < -0.3 is 9.53 Å². The number of carboxylic acids is 1. The number of hydrogen-bond acceptors (Lipinski definition) is 2. The molecule has 0 fully saturated rings. The topological polar surface area (TPSA) is 46.5 Å². The first kappa shape index (κ1) is 14.7. The molecule has 0 bridgehead atoms. The van der Waals surface area contributed by atoms with Crippen molar-refractivity contribution in [1.82, 2.24) is 0 Å². The van der Waals surface area contributed by atoms with Gasteiger partial charge in [0.1, 0.15) is 17.1 Å². The maximum atomic E-state index is 13.1. The molecule has 100 valence electrons. The number of aromatic carboxylic acids is 1. The summed E-state index contributed by atoms with van der Waals surface area (Å²) in [5.74, 6) is -1.51. The number of hydrogen-bond donors (Lipinski definition) is 1. The fourth-order valence-corrected chi connectivity index (χ4v) is 2.22. The van der Waals surface area contributed by atoms with Crippen molar-refractivity contribution in [2.45, 2.75) is 38.9 Å². The Morgan fingerprint density at radius 3 is 2.33 bits per heavy atom. The van der Waals surface area contributed by atoms with Crippen LogP contribution in [0.2, 0.25) is 18.1 Å². The van der Waals surface area contributed by atoms with Crippen molar-refractivity contribution in [2.75, 3.05) is 0 Å². The van der Waals surface area contributed by atoms with E-state index in [9.17, 15) is 9.18 Å². The van der Waals surface area contributed by atoms with Gasteiger partial charge in [0.2, 0.25) is 0 Å². The highest BCUT2D eigenvalue weighted by atomic mass is 28.4. The van der Waals surface area contributed by atoms with Gasteiger partial charge in [-0.2, -0.15) is 0 Å². The summed E-state index contributed by atoms with van der Waals surface area (Å²) in [5.41, 5.74) is -0.125. The van der Waals surface area contributed by atoms with Crippen LogP contribution in [0, 0.1) is 5.82 Å². The van der Waals surface area contributed by atoms with Crippen LogP contribution in [0.1, 0.15) is 31.1 Å². The van der Waals surface area contributed by atoms with E-state index >= 15 is 0 Å². The van der Waals surface area contributed by atoms with Crippen LogP contribution >= 0.6 is 0 Å². The predicted octanol–water partition coefficient (Wildman–Crippen LogP) is 3.91. The minimum absolute atomic E-state index is 0.0445. The molecular formula is C13H19FO3Si. The Balaban J connectivity index is 3.16. The van der Waals surface area contributed by atoms with Crippen LogP contribution in [-0.2, 0) is 0 Å². The van der Waals surface area contributed by atoms with Crippen LogP contribution < -0.4 is 4.43 Å². The number of rotatable bonds is 3. The largest absolute Gasteiger partial charge is 0.543 e. The molecule has 1 rings (SSSR count). The lowest BCUT2D eigenvalue weighted by atomic mass is 10.2. The molecule has 1 aromatic carbocycles. The molecule has 0 amide bonds. The lowest BCUT2D eigenvalue weighted by Gasteiger charge is -2.36. The molecule has 0 spiro atoms. The number of carbonyl (C=O) groups is 1. The lowest BCUT2D eigenvalue weighted by Crippen LogP contribution is -2.44. The van der Waals surface area contributed by atoms with E-state index in [0.717, 1.165) is 6.07 Å². The van der Waals surface area contributed by atoms with E-state index in [2.05, 4.69) is 20.8 Å². The Morgan fingerprint density at radius 1 is 1.33 bits per heavy atom. The van der Waals surface area contributed by atoms with E-state index in [1.54, 1.807) is 0 Å². The second kappa shape index (κ2) is 4.72. The van der Waals surface area contributed by atoms with Gasteiger partial charge in [0.15, 0.2) is 0 Å². The molecular weight excluding hydrogens is 251 g/mol. The molecule has 0 aromatic heterocycles. The van der Waals surface area contributed by atoms with Gasteiger partial charge >= 0.3 is 5.97 Å². The van der Waals surface area contributed by atoms with Gasteiger partial charge in [0.05, 0.1) is 0 Å². The Hall–Kier alpha value is -1.36. The highest BCUT2D eigenvalue weighted by molar-refractivity contribution is 6.74. The van der Waals surface area contributed by atoms with Gasteiger partial charge in [0.25, 0.3) is 8.32 Å². The van der Waals surface area contributed by atoms with Crippen LogP contribution in [0.5, 0.6) is 5.75 Å². The zero-order valence-electron chi connectivity index (χ0n) is 11.4. The molecule has 18 heavy (non-hydrogen) atoms. The highest BCUT2D eigenvalue weighted by Gasteiger charge is 2.39. The number of carboxylic acid groups (broad SMARTS) is 1. The number of halogens is 1. The number of benzene rings is 1. The minimum Gasteiger partial charge on any atom is -0.543 e. The molecule has 0 heterocycles. The summed E-state index contributed by atoms with van der Waals surface area (Å²) in [5, 5.41) is 9.01. The van der Waals surface area contributed by atoms with Crippen LogP contribution in [0.4, 0.5) is 4.39 Å². The van der Waals surface area contributed by atoms with E-state index in [4.69, 9.17) is 9.53 Å². The maximum absolute atomic E-state index is 13.1. The normalized spacial score (nSPS) is 12.3. The molecule has 0 saturated carbocycles. The Morgan fingerprint density at radius 2 is 1.89 bits per heavy atom. The van der Waals surface area contributed by atoms with Crippen molar-refractivity contribution in [2.24, 2.45) is 0 Å². The summed E-state index contributed by atoms with van der Waals surface area (Å²) >= 11 is 0. The van der Waals surface area contributed by atoms with E-state index in [-0.39, 0.29) is 16.4 Å². The average Bonchev–Trinajstić information content (AvgIpc) is 2.18. The molecule has 0 aliphatic carbocycles. The molecule has 1 N–H and O–H groups in total. The zero-order valence-corrected chi connectivity index (χ0v) is 12.4. The molecule has 0 aliphatic rings. The standard InChI is InChI=1S/C13H19FO3Si/c1-13(2,3)18(4,5)17-11-7-6-9(14)8-10(11)12(15)16/h6-8H,1-5H3,(H,15,16). The fraction of sp³-hybridized carbons (Fsp3) is 0.462. The van der Waals surface area contributed by atoms with E-state index < -0.39 is 20.1 Å². The van der Waals surface area contributed by atoms with Gasteiger partial charge in [-0.15, -0.1) is 0 Å². The molecule has 3 nitrogen and oxygen atoms in total. The van der Waals surface area contributed by atoms with Crippen molar-refractivity contribution < 1.29 is 18.7 Å². The molecule has 0 radical (unpaired) electrons. The van der Waals surface area contributed by atoms with E-state index in [1.165, 1.54) is 12.1 Å². The summed E-state index contributed by atoms with van der Waals surface area (Å²) < 4.78 is 19.0. The Kier molecular flexibility index (Phi) is 3.86. The van der Waals surface area contributed by atoms with Crippen LogP contribution in [0.25, 0.3) is 0 Å². The first-order valence-electron chi connectivity index (χ1n) is 5.76. The van der Waals surface area contributed by atoms with Crippen LogP contribution in [0.3, 0.4) is 0 Å². The lowest BCUT2D eigenvalue weighted by molar-refractivity contribution is 0.0694. The van der Waals surface area contributed by atoms with Crippen molar-refractivity contribution in [3.05, 3.63) is 29.6 Å². The van der Waals surface area contributed by atoms with Crippen molar-refractivity contribution >= 4 is 14.3 Å². The Labute approximate surface area is 108 Å². The zero-order chi connectivity index (χ0) is 14.1. The predicted molar refractivity (Wildman–Crippen MR) is 71.2 cm³/mol. The van der Waals surface area contributed by atoms with Gasteiger partial charge in [-0.3, -0.25) is 0 Å². The first-order valence-corrected chi connectivity index (χ1v) is 8.67. The van der Waals surface area contributed by atoms with E-state index in [0.29, 0.717) is 0 Å². The third-order valence-corrected chi connectivity index (χ3v) is 7.69. The molecule has 5 heteroatoms. The molecule has 0 aliphatic heterocycles. The highest BCUT2D eigenvalue weighted by Crippen LogP contribution is 2.38. The monoisotopic (exact) mass is 270 g/mol. The van der Waals surface area contributed by atoms with Crippen LogP contribution in [-0.4, -0.2) is 19.4 Å². The third kappa shape index (κ3) is 3.10. The quantitative estimate of drug-likeness (QED) is 0.847. The summed E-state index contributed by atoms with van der Waals surface area (Å²) in [4.78, 5) is 11.1. The van der Waals surface area contributed by atoms with Gasteiger partial charge in [-0.05, 0) is 36.3 Å². The first-order chi connectivity index (χ1) is 8.04. The summed E-state index contributed by atoms with van der Waals surface area (Å²) in [6, 6.07) is 3.60. The summed E-state index contributed by atoms with van der Waals surface area (Å²) in [6.07, 6.45) is 0. The second-order valence-electron chi connectivity index (χ2n) is 5.81. The molecule has 1 aromatic rings. The SMILES string of the molecule is CC(C)(C)[Si](C)(C)Oc1ccc(F)cc1C(=O)O. The molecule has 0 saturated heterocycles. The summed E-state index contributed by atoms with van der Waals surface area (Å²) in [7, 11) is -2.13. The third-order valence-electron chi connectivity index (χ3n) is 3.34. The molecule has 0 unspecified atom stereocenters. The second-order valence-corrected chi connectivity index (χ2v) is 10.5. The fourth-order valence-electron chi connectivity index (χ4n) is 1.19. The van der Waals surface area contributed by atoms with Crippen molar-refractivity contribution in [3.63, 3.8) is 0 Å². The maximum Gasteiger partial charge on any atom is 0.339 e. The Bertz CT molecular complexity index is 464. The van der Waals surface area contributed by atoms with Crippen molar-refractivity contribution in [3.8, 4) is 5.75 Å².